The fourth-order valence-corrected chi connectivity index (χ4v) is 2.80. The van der Waals surface area contributed by atoms with Crippen LogP contribution < -0.4 is 5.32 Å². The highest BCUT2D eigenvalue weighted by Crippen LogP contribution is 2.32. The number of hydrogen-bond donors (Lipinski definition) is 1. The predicted octanol–water partition coefficient (Wildman–Crippen LogP) is 1.60. The molecule has 6 heteroatoms. The summed E-state index contributed by atoms with van der Waals surface area (Å²) in [6.07, 6.45) is 1.54. The number of hydrogen-bond acceptors (Lipinski definition) is 4. The highest BCUT2D eigenvalue weighted by Gasteiger charge is 2.51. The lowest BCUT2D eigenvalue weighted by atomic mass is 9.78. The first kappa shape index (κ1) is 17.6. The Morgan fingerprint density at radius 1 is 1.05 bits per heavy atom. The van der Waals surface area contributed by atoms with Gasteiger partial charge in [-0.1, -0.05) is 27.7 Å². The summed E-state index contributed by atoms with van der Waals surface area (Å²) in [7, 11) is 0. The van der Waals surface area contributed by atoms with Crippen LogP contribution in [0.25, 0.3) is 0 Å². The van der Waals surface area contributed by atoms with E-state index in [0.717, 1.165) is 26.1 Å². The minimum Gasteiger partial charge on any atom is -0.304 e. The molecular formula is C15H27N3O3. The van der Waals surface area contributed by atoms with Gasteiger partial charge in [0, 0.05) is 6.54 Å². The highest BCUT2D eigenvalue weighted by molar-refractivity contribution is 6.19. The Morgan fingerprint density at radius 2 is 1.62 bits per heavy atom. The van der Waals surface area contributed by atoms with E-state index in [1.54, 1.807) is 0 Å². The molecule has 0 aliphatic carbocycles. The van der Waals surface area contributed by atoms with Crippen LogP contribution in [0.4, 0.5) is 4.79 Å². The summed E-state index contributed by atoms with van der Waals surface area (Å²) in [5.41, 5.74) is -1.08. The molecule has 0 aromatic heterocycles. The zero-order valence-corrected chi connectivity index (χ0v) is 13.6. The number of barbiturate groups is 1. The molecule has 120 valence electrons. The van der Waals surface area contributed by atoms with Crippen molar-refractivity contribution >= 4 is 17.8 Å². The van der Waals surface area contributed by atoms with Gasteiger partial charge in [0.2, 0.25) is 11.8 Å². The Morgan fingerprint density at radius 3 is 2.10 bits per heavy atom. The van der Waals surface area contributed by atoms with Gasteiger partial charge in [-0.15, -0.1) is 0 Å². The Labute approximate surface area is 126 Å². The lowest BCUT2D eigenvalue weighted by Crippen LogP contribution is -2.63. The smallest absolute Gasteiger partial charge is 0.304 e. The molecule has 0 bridgehead atoms. The molecular weight excluding hydrogens is 270 g/mol. The minimum atomic E-state index is -1.08. The van der Waals surface area contributed by atoms with E-state index in [1.807, 2.05) is 13.8 Å². The van der Waals surface area contributed by atoms with Crippen molar-refractivity contribution < 1.29 is 14.4 Å². The maximum Gasteiger partial charge on any atom is 0.330 e. The largest absolute Gasteiger partial charge is 0.330 e. The van der Waals surface area contributed by atoms with Gasteiger partial charge in [-0.25, -0.2) is 4.79 Å². The fourth-order valence-electron chi connectivity index (χ4n) is 2.80. The summed E-state index contributed by atoms with van der Waals surface area (Å²) in [5.74, 6) is -0.803. The molecule has 1 heterocycles. The third-order valence-electron chi connectivity index (χ3n) is 4.51. The van der Waals surface area contributed by atoms with E-state index >= 15 is 0 Å². The van der Waals surface area contributed by atoms with E-state index in [4.69, 9.17) is 0 Å². The van der Waals surface area contributed by atoms with Gasteiger partial charge in [0.05, 0.1) is 0 Å². The van der Waals surface area contributed by atoms with E-state index in [-0.39, 0.29) is 5.91 Å². The van der Waals surface area contributed by atoms with Crippen molar-refractivity contribution in [2.24, 2.45) is 5.41 Å². The number of nitrogens with zero attached hydrogens (tertiary/aromatic N) is 2. The van der Waals surface area contributed by atoms with E-state index in [2.05, 4.69) is 24.1 Å². The van der Waals surface area contributed by atoms with Gasteiger partial charge < -0.3 is 4.90 Å². The molecule has 0 saturated carbocycles. The van der Waals surface area contributed by atoms with Gasteiger partial charge in [-0.2, -0.15) is 0 Å². The number of urea groups is 1. The number of nitrogens with one attached hydrogen (secondary N) is 1. The molecule has 1 saturated heterocycles. The Bertz CT molecular complexity index is 401. The van der Waals surface area contributed by atoms with Crippen LogP contribution in [-0.2, 0) is 9.59 Å². The molecule has 1 N–H and O–H groups in total. The molecule has 0 spiro atoms. The quantitative estimate of drug-likeness (QED) is 0.691. The third-order valence-corrected chi connectivity index (χ3v) is 4.51. The first-order chi connectivity index (χ1) is 9.96. The normalized spacial score (nSPS) is 18.3. The third kappa shape index (κ3) is 3.43. The van der Waals surface area contributed by atoms with E-state index in [0.29, 0.717) is 19.4 Å². The number of amides is 4. The summed E-state index contributed by atoms with van der Waals surface area (Å²) in [6.45, 7) is 10.9. The van der Waals surface area contributed by atoms with Crippen molar-refractivity contribution in [2.75, 3.05) is 26.2 Å². The minimum absolute atomic E-state index is 0.346. The second-order valence-corrected chi connectivity index (χ2v) is 5.39. The Kier molecular flexibility index (Phi) is 6.33. The van der Waals surface area contributed by atoms with Crippen molar-refractivity contribution in [1.29, 1.82) is 0 Å². The lowest BCUT2D eigenvalue weighted by Gasteiger charge is -2.38. The number of carbonyl (C=O) groups excluding carboxylic acids is 3. The number of carbonyl (C=O) groups is 3. The Hall–Kier alpha value is -1.43. The van der Waals surface area contributed by atoms with Gasteiger partial charge in [-0.05, 0) is 38.9 Å². The van der Waals surface area contributed by atoms with Crippen LogP contribution in [0.15, 0.2) is 0 Å². The fraction of sp³-hybridized carbons (Fsp3) is 0.800. The number of rotatable bonds is 8. The summed E-state index contributed by atoms with van der Waals surface area (Å²) in [6, 6.07) is -0.581. The SMILES string of the molecule is CCN(CC)CCCN1C(=O)NC(=O)C(CC)(CC)C1=O. The van der Waals surface area contributed by atoms with Crippen LogP contribution >= 0.6 is 0 Å². The molecule has 1 aliphatic rings. The van der Waals surface area contributed by atoms with Crippen molar-refractivity contribution in [2.45, 2.75) is 47.0 Å². The van der Waals surface area contributed by atoms with E-state index in [1.165, 1.54) is 4.90 Å². The van der Waals surface area contributed by atoms with Crippen molar-refractivity contribution in [3.8, 4) is 0 Å². The van der Waals surface area contributed by atoms with Crippen molar-refractivity contribution in [3.63, 3.8) is 0 Å². The first-order valence-electron chi connectivity index (χ1n) is 7.86. The zero-order chi connectivity index (χ0) is 16.0. The van der Waals surface area contributed by atoms with Crippen molar-refractivity contribution in [1.82, 2.24) is 15.1 Å². The number of imide groups is 2. The molecule has 6 nitrogen and oxygen atoms in total. The Balaban J connectivity index is 2.75. The maximum atomic E-state index is 12.6. The lowest BCUT2D eigenvalue weighted by molar-refractivity contribution is -0.152. The monoisotopic (exact) mass is 297 g/mol. The summed E-state index contributed by atoms with van der Waals surface area (Å²) in [5, 5.41) is 2.33. The van der Waals surface area contributed by atoms with Gasteiger partial charge in [0.25, 0.3) is 0 Å². The molecule has 21 heavy (non-hydrogen) atoms. The van der Waals surface area contributed by atoms with Crippen LogP contribution in [0, 0.1) is 5.41 Å². The summed E-state index contributed by atoms with van der Waals surface area (Å²) in [4.78, 5) is 40.0. The zero-order valence-electron chi connectivity index (χ0n) is 13.6. The van der Waals surface area contributed by atoms with E-state index < -0.39 is 17.4 Å². The average molecular weight is 297 g/mol. The second kappa shape index (κ2) is 7.54. The van der Waals surface area contributed by atoms with Gasteiger partial charge in [0.1, 0.15) is 5.41 Å². The first-order valence-corrected chi connectivity index (χ1v) is 7.86. The average Bonchev–Trinajstić information content (AvgIpc) is 2.48. The van der Waals surface area contributed by atoms with Crippen LogP contribution in [0.5, 0.6) is 0 Å². The molecule has 0 aromatic rings. The van der Waals surface area contributed by atoms with Gasteiger partial charge >= 0.3 is 6.03 Å². The molecule has 4 amide bonds. The maximum absolute atomic E-state index is 12.6. The molecule has 0 radical (unpaired) electrons. The van der Waals surface area contributed by atoms with Crippen molar-refractivity contribution in [3.05, 3.63) is 0 Å². The molecule has 0 unspecified atom stereocenters. The standard InChI is InChI=1S/C15H27N3O3/c1-5-15(6-2)12(19)16-14(21)18(13(15)20)11-9-10-17(7-3)8-4/h5-11H2,1-4H3,(H,16,19,21). The highest BCUT2D eigenvalue weighted by atomic mass is 16.2. The van der Waals surface area contributed by atoms with Crippen LogP contribution in [0.3, 0.4) is 0 Å². The molecule has 1 fully saturated rings. The van der Waals surface area contributed by atoms with Crippen LogP contribution in [-0.4, -0.2) is 53.8 Å². The van der Waals surface area contributed by atoms with Gasteiger partial charge in [-0.3, -0.25) is 19.8 Å². The van der Waals surface area contributed by atoms with Gasteiger partial charge in [0.15, 0.2) is 0 Å². The molecule has 1 rings (SSSR count). The molecule has 1 aliphatic heterocycles. The van der Waals surface area contributed by atoms with E-state index in [9.17, 15) is 14.4 Å². The van der Waals surface area contributed by atoms with Crippen LogP contribution in [0.1, 0.15) is 47.0 Å². The van der Waals surface area contributed by atoms with Crippen LogP contribution in [0.2, 0.25) is 0 Å². The predicted molar refractivity (Wildman–Crippen MR) is 80.7 cm³/mol. The second-order valence-electron chi connectivity index (χ2n) is 5.39. The molecule has 0 atom stereocenters. The summed E-state index contributed by atoms with van der Waals surface area (Å²) >= 11 is 0. The summed E-state index contributed by atoms with van der Waals surface area (Å²) < 4.78 is 0. The molecule has 0 aromatic carbocycles. The topological polar surface area (TPSA) is 69.7 Å².